The molecule has 0 fully saturated rings. The average Bonchev–Trinajstić information content (AvgIpc) is 2.44. The second kappa shape index (κ2) is 6.38. The molecule has 0 unspecified atom stereocenters. The first kappa shape index (κ1) is 16.3. The van der Waals surface area contributed by atoms with E-state index in [1.807, 2.05) is 26.0 Å². The standard InChI is InChI=1S/C15H15BrClNO2S/c1-3-18(12-6-4-11(2)5-7-12)21(19,20)13-8-9-15(17)14(16)10-13/h4-10H,3H2,1-2H3. The van der Waals surface area contributed by atoms with Crippen LogP contribution in [-0.4, -0.2) is 15.0 Å². The van der Waals surface area contributed by atoms with Crippen LogP contribution < -0.4 is 4.31 Å². The molecule has 0 saturated carbocycles. The number of hydrogen-bond donors (Lipinski definition) is 0. The third-order valence-electron chi connectivity index (χ3n) is 3.09. The first-order valence-electron chi connectivity index (χ1n) is 6.40. The van der Waals surface area contributed by atoms with E-state index in [9.17, 15) is 8.42 Å². The minimum absolute atomic E-state index is 0.209. The minimum atomic E-state index is -3.61. The molecule has 0 spiro atoms. The van der Waals surface area contributed by atoms with E-state index in [1.54, 1.807) is 18.2 Å². The number of rotatable bonds is 4. The van der Waals surface area contributed by atoms with Crippen molar-refractivity contribution in [3.63, 3.8) is 0 Å². The zero-order chi connectivity index (χ0) is 15.6. The Kier molecular flexibility index (Phi) is 4.96. The number of hydrogen-bond acceptors (Lipinski definition) is 2. The number of benzene rings is 2. The highest BCUT2D eigenvalue weighted by Crippen LogP contribution is 2.29. The van der Waals surface area contributed by atoms with Crippen LogP contribution in [0.1, 0.15) is 12.5 Å². The maximum Gasteiger partial charge on any atom is 0.264 e. The molecular weight excluding hydrogens is 374 g/mol. The molecule has 112 valence electrons. The van der Waals surface area contributed by atoms with Crippen LogP contribution in [0.15, 0.2) is 51.8 Å². The third kappa shape index (κ3) is 3.42. The molecule has 0 heterocycles. The molecule has 21 heavy (non-hydrogen) atoms. The molecule has 0 saturated heterocycles. The Balaban J connectivity index is 2.49. The van der Waals surface area contributed by atoms with Gasteiger partial charge >= 0.3 is 0 Å². The molecule has 2 aromatic carbocycles. The summed E-state index contributed by atoms with van der Waals surface area (Å²) in [5.41, 5.74) is 1.73. The lowest BCUT2D eigenvalue weighted by molar-refractivity contribution is 0.592. The van der Waals surface area contributed by atoms with Crippen molar-refractivity contribution in [3.8, 4) is 0 Å². The molecular formula is C15H15BrClNO2S. The van der Waals surface area contributed by atoms with E-state index in [-0.39, 0.29) is 4.90 Å². The molecule has 0 aromatic heterocycles. The van der Waals surface area contributed by atoms with E-state index in [4.69, 9.17) is 11.6 Å². The molecule has 0 aliphatic carbocycles. The maximum atomic E-state index is 12.8. The predicted molar refractivity (Wildman–Crippen MR) is 90.5 cm³/mol. The summed E-state index contributed by atoms with van der Waals surface area (Å²) in [4.78, 5) is 0.209. The van der Waals surface area contributed by atoms with Crippen LogP contribution in [0.3, 0.4) is 0 Å². The van der Waals surface area contributed by atoms with Gasteiger partial charge in [0.25, 0.3) is 10.0 Å². The fraction of sp³-hybridized carbons (Fsp3) is 0.200. The lowest BCUT2D eigenvalue weighted by Crippen LogP contribution is -2.30. The molecule has 0 atom stereocenters. The van der Waals surface area contributed by atoms with Crippen LogP contribution in [0, 0.1) is 6.92 Å². The van der Waals surface area contributed by atoms with Crippen LogP contribution in [0.4, 0.5) is 5.69 Å². The molecule has 2 rings (SSSR count). The quantitative estimate of drug-likeness (QED) is 0.766. The molecule has 0 radical (unpaired) electrons. The third-order valence-corrected chi connectivity index (χ3v) is 6.20. The second-order valence-corrected chi connectivity index (χ2v) is 7.71. The Hall–Kier alpha value is -1.04. The first-order chi connectivity index (χ1) is 9.86. The van der Waals surface area contributed by atoms with E-state index in [0.717, 1.165) is 5.56 Å². The molecule has 0 aliphatic rings. The Bertz CT molecular complexity index is 745. The van der Waals surface area contributed by atoms with Gasteiger partial charge < -0.3 is 0 Å². The van der Waals surface area contributed by atoms with Crippen molar-refractivity contribution in [2.24, 2.45) is 0 Å². The number of aryl methyl sites for hydroxylation is 1. The molecule has 0 N–H and O–H groups in total. The molecule has 0 amide bonds. The van der Waals surface area contributed by atoms with E-state index >= 15 is 0 Å². The van der Waals surface area contributed by atoms with Gasteiger partial charge in [0, 0.05) is 11.0 Å². The summed E-state index contributed by atoms with van der Waals surface area (Å²) in [6.45, 7) is 4.12. The Morgan fingerprint density at radius 1 is 1.14 bits per heavy atom. The zero-order valence-corrected chi connectivity index (χ0v) is 14.8. The molecule has 6 heteroatoms. The van der Waals surface area contributed by atoms with Crippen molar-refractivity contribution in [2.45, 2.75) is 18.7 Å². The Morgan fingerprint density at radius 3 is 2.29 bits per heavy atom. The van der Waals surface area contributed by atoms with Crippen molar-refractivity contribution in [1.82, 2.24) is 0 Å². The molecule has 2 aromatic rings. The van der Waals surface area contributed by atoms with Crippen LogP contribution in [0.2, 0.25) is 5.02 Å². The predicted octanol–water partition coefficient (Wildman–Crippen LogP) is 4.63. The largest absolute Gasteiger partial charge is 0.267 e. The van der Waals surface area contributed by atoms with Crippen molar-refractivity contribution in [1.29, 1.82) is 0 Å². The molecule has 0 bridgehead atoms. The van der Waals surface area contributed by atoms with E-state index in [0.29, 0.717) is 21.7 Å². The van der Waals surface area contributed by atoms with Gasteiger partial charge in [0.15, 0.2) is 0 Å². The van der Waals surface area contributed by atoms with E-state index in [1.165, 1.54) is 16.4 Å². The Labute approximate surface area is 138 Å². The van der Waals surface area contributed by atoms with Gasteiger partial charge in [0.05, 0.1) is 15.6 Å². The summed E-state index contributed by atoms with van der Waals surface area (Å²) >= 11 is 9.18. The van der Waals surface area contributed by atoms with Crippen LogP contribution in [0.25, 0.3) is 0 Å². The maximum absolute atomic E-state index is 12.8. The van der Waals surface area contributed by atoms with Gasteiger partial charge in [-0.15, -0.1) is 0 Å². The van der Waals surface area contributed by atoms with Crippen molar-refractivity contribution in [3.05, 3.63) is 57.5 Å². The van der Waals surface area contributed by atoms with Crippen molar-refractivity contribution in [2.75, 3.05) is 10.8 Å². The fourth-order valence-corrected chi connectivity index (χ4v) is 4.12. The lowest BCUT2D eigenvalue weighted by Gasteiger charge is -2.23. The van der Waals surface area contributed by atoms with Crippen LogP contribution in [0.5, 0.6) is 0 Å². The highest BCUT2D eigenvalue weighted by atomic mass is 79.9. The lowest BCUT2D eigenvalue weighted by atomic mass is 10.2. The van der Waals surface area contributed by atoms with Crippen LogP contribution >= 0.6 is 27.5 Å². The molecule has 3 nitrogen and oxygen atoms in total. The molecule has 0 aliphatic heterocycles. The van der Waals surface area contributed by atoms with Gasteiger partial charge in [0.1, 0.15) is 0 Å². The zero-order valence-electron chi connectivity index (χ0n) is 11.7. The Morgan fingerprint density at radius 2 is 1.76 bits per heavy atom. The number of halogens is 2. The summed E-state index contributed by atoms with van der Waals surface area (Å²) in [6, 6.07) is 12.0. The van der Waals surface area contributed by atoms with Crippen LogP contribution in [-0.2, 0) is 10.0 Å². The van der Waals surface area contributed by atoms with E-state index < -0.39 is 10.0 Å². The topological polar surface area (TPSA) is 37.4 Å². The summed E-state index contributed by atoms with van der Waals surface area (Å²) in [5, 5.41) is 0.479. The number of nitrogens with zero attached hydrogens (tertiary/aromatic N) is 1. The van der Waals surface area contributed by atoms with Gasteiger partial charge in [0.2, 0.25) is 0 Å². The summed E-state index contributed by atoms with van der Waals surface area (Å²) in [6.07, 6.45) is 0. The minimum Gasteiger partial charge on any atom is -0.267 e. The number of sulfonamides is 1. The van der Waals surface area contributed by atoms with Gasteiger partial charge in [-0.25, -0.2) is 8.42 Å². The van der Waals surface area contributed by atoms with Gasteiger partial charge in [-0.1, -0.05) is 29.3 Å². The normalized spacial score (nSPS) is 11.4. The smallest absolute Gasteiger partial charge is 0.264 e. The second-order valence-electron chi connectivity index (χ2n) is 4.58. The van der Waals surface area contributed by atoms with E-state index in [2.05, 4.69) is 15.9 Å². The summed E-state index contributed by atoms with van der Waals surface area (Å²) < 4.78 is 27.5. The van der Waals surface area contributed by atoms with Gasteiger partial charge in [-0.2, -0.15) is 0 Å². The number of anilines is 1. The SMILES string of the molecule is CCN(c1ccc(C)cc1)S(=O)(=O)c1ccc(Cl)c(Br)c1. The highest BCUT2D eigenvalue weighted by molar-refractivity contribution is 9.10. The summed E-state index contributed by atoms with van der Waals surface area (Å²) in [5.74, 6) is 0. The first-order valence-corrected chi connectivity index (χ1v) is 9.02. The summed E-state index contributed by atoms with van der Waals surface area (Å²) in [7, 11) is -3.61. The fourth-order valence-electron chi connectivity index (χ4n) is 1.97. The van der Waals surface area contributed by atoms with Crippen molar-refractivity contribution < 1.29 is 8.42 Å². The average molecular weight is 389 g/mol. The van der Waals surface area contributed by atoms with Crippen molar-refractivity contribution >= 4 is 43.2 Å². The monoisotopic (exact) mass is 387 g/mol. The van der Waals surface area contributed by atoms with Gasteiger partial charge in [-0.3, -0.25) is 4.31 Å². The highest BCUT2D eigenvalue weighted by Gasteiger charge is 2.24. The van der Waals surface area contributed by atoms with Gasteiger partial charge in [-0.05, 0) is 60.1 Å².